The molecule has 1 nitrogen and oxygen atoms in total. The fourth-order valence-corrected chi connectivity index (χ4v) is 1.76. The lowest BCUT2D eigenvalue weighted by Gasteiger charge is -1.99. The number of hydrogen-bond donors (Lipinski definition) is 1. The highest BCUT2D eigenvalue weighted by Gasteiger charge is 2.37. The van der Waals surface area contributed by atoms with E-state index >= 15 is 0 Å². The maximum absolute atomic E-state index is 3.43. The Kier molecular flexibility index (Phi) is 2.86. The molecule has 2 unspecified atom stereocenters. The lowest BCUT2D eigenvalue weighted by Crippen LogP contribution is -2.17. The van der Waals surface area contributed by atoms with Gasteiger partial charge in [-0.3, -0.25) is 0 Å². The summed E-state index contributed by atoms with van der Waals surface area (Å²) < 4.78 is 0. The van der Waals surface area contributed by atoms with E-state index in [0.717, 1.165) is 12.5 Å². The van der Waals surface area contributed by atoms with E-state index in [9.17, 15) is 0 Å². The minimum atomic E-state index is 0.651. The fraction of sp³-hybridized carbons (Fsp3) is 0.385. The summed E-state index contributed by atoms with van der Waals surface area (Å²) in [5.74, 6) is 6.64. The van der Waals surface area contributed by atoms with Crippen molar-refractivity contribution in [2.75, 3.05) is 6.54 Å². The van der Waals surface area contributed by atoms with E-state index in [4.69, 9.17) is 0 Å². The standard InChI is InChI=1S/C13H15N/c1-2-3-9-14-13-10-12(13)11-7-5-4-6-8-11/h4-8,12-14H,9-10H2,1H3. The number of benzene rings is 1. The summed E-state index contributed by atoms with van der Waals surface area (Å²) in [5, 5.41) is 3.43. The van der Waals surface area contributed by atoms with Crippen LogP contribution in [0.5, 0.6) is 0 Å². The van der Waals surface area contributed by atoms with Crippen LogP contribution < -0.4 is 5.32 Å². The molecule has 1 fully saturated rings. The first-order valence-corrected chi connectivity index (χ1v) is 5.09. The monoisotopic (exact) mass is 185 g/mol. The minimum absolute atomic E-state index is 0.651. The third-order valence-corrected chi connectivity index (χ3v) is 2.65. The van der Waals surface area contributed by atoms with Crippen molar-refractivity contribution in [3.05, 3.63) is 35.9 Å². The van der Waals surface area contributed by atoms with Gasteiger partial charge in [0.25, 0.3) is 0 Å². The quantitative estimate of drug-likeness (QED) is 0.711. The predicted octanol–water partition coefficient (Wildman–Crippen LogP) is 2.16. The molecule has 0 aromatic heterocycles. The largest absolute Gasteiger partial charge is 0.303 e. The van der Waals surface area contributed by atoms with Crippen molar-refractivity contribution >= 4 is 0 Å². The van der Waals surface area contributed by atoms with Crippen molar-refractivity contribution in [3.8, 4) is 11.8 Å². The topological polar surface area (TPSA) is 12.0 Å². The Morgan fingerprint density at radius 3 is 2.86 bits per heavy atom. The van der Waals surface area contributed by atoms with Gasteiger partial charge in [-0.05, 0) is 18.9 Å². The van der Waals surface area contributed by atoms with E-state index in [0.29, 0.717) is 6.04 Å². The molecule has 1 aromatic rings. The zero-order chi connectivity index (χ0) is 9.80. The van der Waals surface area contributed by atoms with Crippen LogP contribution in [-0.4, -0.2) is 12.6 Å². The zero-order valence-electron chi connectivity index (χ0n) is 8.46. The molecule has 0 spiro atoms. The molecule has 1 aliphatic carbocycles. The van der Waals surface area contributed by atoms with Crippen LogP contribution in [0.2, 0.25) is 0 Å². The van der Waals surface area contributed by atoms with Crippen LogP contribution in [0.1, 0.15) is 24.8 Å². The van der Waals surface area contributed by atoms with Crippen molar-refractivity contribution < 1.29 is 0 Å². The van der Waals surface area contributed by atoms with Gasteiger partial charge in [0.1, 0.15) is 0 Å². The Morgan fingerprint density at radius 2 is 2.14 bits per heavy atom. The third kappa shape index (κ3) is 2.16. The Hall–Kier alpha value is -1.26. The Bertz CT molecular complexity index is 344. The van der Waals surface area contributed by atoms with E-state index in [1.807, 2.05) is 6.92 Å². The van der Waals surface area contributed by atoms with Gasteiger partial charge in [-0.15, -0.1) is 5.92 Å². The highest BCUT2D eigenvalue weighted by Crippen LogP contribution is 2.40. The normalized spacial score (nSPS) is 23.8. The van der Waals surface area contributed by atoms with Crippen LogP contribution in [0, 0.1) is 11.8 Å². The number of nitrogens with one attached hydrogen (secondary N) is 1. The molecule has 1 saturated carbocycles. The fourth-order valence-electron chi connectivity index (χ4n) is 1.76. The molecular weight excluding hydrogens is 170 g/mol. The van der Waals surface area contributed by atoms with E-state index in [1.165, 1.54) is 12.0 Å². The van der Waals surface area contributed by atoms with Crippen LogP contribution in [0.4, 0.5) is 0 Å². The Balaban J connectivity index is 1.84. The minimum Gasteiger partial charge on any atom is -0.303 e. The molecule has 0 radical (unpaired) electrons. The molecule has 14 heavy (non-hydrogen) atoms. The molecule has 0 heterocycles. The van der Waals surface area contributed by atoms with E-state index in [-0.39, 0.29) is 0 Å². The maximum atomic E-state index is 3.43. The second kappa shape index (κ2) is 4.30. The molecule has 1 aliphatic rings. The molecule has 1 heteroatoms. The Labute approximate surface area is 85.5 Å². The van der Waals surface area contributed by atoms with E-state index < -0.39 is 0 Å². The SMILES string of the molecule is CC#CCNC1CC1c1ccccc1. The lowest BCUT2D eigenvalue weighted by atomic mass is 10.1. The summed E-state index contributed by atoms with van der Waals surface area (Å²) in [6, 6.07) is 11.3. The zero-order valence-corrected chi connectivity index (χ0v) is 8.46. The van der Waals surface area contributed by atoms with Gasteiger partial charge in [0.15, 0.2) is 0 Å². The summed E-state index contributed by atoms with van der Waals surface area (Å²) in [6.45, 7) is 2.70. The van der Waals surface area contributed by atoms with Crippen molar-refractivity contribution in [3.63, 3.8) is 0 Å². The molecule has 1 aromatic carbocycles. The van der Waals surface area contributed by atoms with Crippen LogP contribution in [0.3, 0.4) is 0 Å². The summed E-state index contributed by atoms with van der Waals surface area (Å²) in [5.41, 5.74) is 1.45. The lowest BCUT2D eigenvalue weighted by molar-refractivity contribution is 0.741. The molecular formula is C13H15N. The average Bonchev–Trinajstić information content (AvgIpc) is 2.99. The Morgan fingerprint density at radius 1 is 1.36 bits per heavy atom. The molecule has 0 saturated heterocycles. The average molecular weight is 185 g/mol. The number of hydrogen-bond acceptors (Lipinski definition) is 1. The van der Waals surface area contributed by atoms with Crippen molar-refractivity contribution in [2.24, 2.45) is 0 Å². The van der Waals surface area contributed by atoms with Gasteiger partial charge >= 0.3 is 0 Å². The molecule has 72 valence electrons. The van der Waals surface area contributed by atoms with E-state index in [1.54, 1.807) is 0 Å². The van der Waals surface area contributed by atoms with Crippen LogP contribution >= 0.6 is 0 Å². The highest BCUT2D eigenvalue weighted by atomic mass is 15.0. The summed E-state index contributed by atoms with van der Waals surface area (Å²) in [4.78, 5) is 0. The van der Waals surface area contributed by atoms with Gasteiger partial charge in [0.2, 0.25) is 0 Å². The second-order valence-corrected chi connectivity index (χ2v) is 3.67. The molecule has 2 atom stereocenters. The van der Waals surface area contributed by atoms with Gasteiger partial charge in [-0.2, -0.15) is 0 Å². The first-order valence-electron chi connectivity index (χ1n) is 5.09. The predicted molar refractivity (Wildman–Crippen MR) is 59.0 cm³/mol. The second-order valence-electron chi connectivity index (χ2n) is 3.67. The highest BCUT2D eigenvalue weighted by molar-refractivity contribution is 5.27. The molecule has 0 aliphatic heterocycles. The van der Waals surface area contributed by atoms with Gasteiger partial charge in [-0.1, -0.05) is 36.3 Å². The first-order chi connectivity index (χ1) is 6.92. The van der Waals surface area contributed by atoms with Crippen molar-refractivity contribution in [2.45, 2.75) is 25.3 Å². The summed E-state index contributed by atoms with van der Waals surface area (Å²) >= 11 is 0. The van der Waals surface area contributed by atoms with Crippen molar-refractivity contribution in [1.82, 2.24) is 5.32 Å². The molecule has 2 rings (SSSR count). The molecule has 0 bridgehead atoms. The van der Waals surface area contributed by atoms with Gasteiger partial charge in [0, 0.05) is 12.0 Å². The van der Waals surface area contributed by atoms with Crippen molar-refractivity contribution in [1.29, 1.82) is 0 Å². The molecule has 0 amide bonds. The maximum Gasteiger partial charge on any atom is 0.0578 e. The number of rotatable bonds is 3. The third-order valence-electron chi connectivity index (χ3n) is 2.65. The van der Waals surface area contributed by atoms with Gasteiger partial charge in [0.05, 0.1) is 6.54 Å². The van der Waals surface area contributed by atoms with Gasteiger partial charge in [-0.25, -0.2) is 0 Å². The summed E-state index contributed by atoms with van der Waals surface area (Å²) in [6.07, 6.45) is 1.26. The first kappa shape index (κ1) is 9.30. The summed E-state index contributed by atoms with van der Waals surface area (Å²) in [7, 11) is 0. The molecule has 1 N–H and O–H groups in total. The van der Waals surface area contributed by atoms with Crippen LogP contribution in [-0.2, 0) is 0 Å². The van der Waals surface area contributed by atoms with Crippen LogP contribution in [0.25, 0.3) is 0 Å². The smallest absolute Gasteiger partial charge is 0.0578 e. The van der Waals surface area contributed by atoms with Crippen LogP contribution in [0.15, 0.2) is 30.3 Å². The van der Waals surface area contributed by atoms with E-state index in [2.05, 4.69) is 47.5 Å². The van der Waals surface area contributed by atoms with Gasteiger partial charge < -0.3 is 5.32 Å².